The maximum absolute atomic E-state index is 12.6. The molecular formula is C26H32N4O5S. The number of unbranched alkanes of at least 4 members (excludes halogenated alkanes) is 1. The molecule has 2 fully saturated rings. The lowest BCUT2D eigenvalue weighted by molar-refractivity contribution is -0.128. The first kappa shape index (κ1) is 25.8. The Morgan fingerprint density at radius 3 is 2.19 bits per heavy atom. The van der Waals surface area contributed by atoms with Crippen molar-refractivity contribution >= 4 is 39.1 Å². The van der Waals surface area contributed by atoms with Gasteiger partial charge in [0.15, 0.2) is 0 Å². The van der Waals surface area contributed by atoms with Gasteiger partial charge in [-0.25, -0.2) is 8.42 Å². The van der Waals surface area contributed by atoms with Crippen molar-refractivity contribution in [2.75, 3.05) is 36.8 Å². The molecular weight excluding hydrogens is 480 g/mol. The fraction of sp³-hybridized carbons (Fsp3) is 0.423. The number of amides is 3. The summed E-state index contributed by atoms with van der Waals surface area (Å²) < 4.78 is 26.8. The van der Waals surface area contributed by atoms with Crippen molar-refractivity contribution in [2.45, 2.75) is 43.9 Å². The Bertz CT molecular complexity index is 1210. The lowest BCUT2D eigenvalue weighted by atomic mass is 10.1. The SMILES string of the molecule is CCCCN1CC(C(=O)Nc2ccc(C(=O)Nc3ccc(S(=O)(=O)N4CCCC4)cc3)cc2)CC1=O. The van der Waals surface area contributed by atoms with Gasteiger partial charge < -0.3 is 15.5 Å². The van der Waals surface area contributed by atoms with Gasteiger partial charge in [0, 0.05) is 49.5 Å². The van der Waals surface area contributed by atoms with Gasteiger partial charge in [0.1, 0.15) is 0 Å². The number of nitrogens with one attached hydrogen (secondary N) is 2. The van der Waals surface area contributed by atoms with E-state index in [2.05, 4.69) is 17.6 Å². The molecule has 10 heteroatoms. The van der Waals surface area contributed by atoms with Crippen LogP contribution in [0, 0.1) is 5.92 Å². The predicted molar refractivity (Wildman–Crippen MR) is 137 cm³/mol. The highest BCUT2D eigenvalue weighted by atomic mass is 32.2. The van der Waals surface area contributed by atoms with Crippen LogP contribution in [0.1, 0.15) is 49.4 Å². The minimum absolute atomic E-state index is 0.0114. The van der Waals surface area contributed by atoms with Crippen LogP contribution in [0.3, 0.4) is 0 Å². The second kappa shape index (κ2) is 11.2. The van der Waals surface area contributed by atoms with Gasteiger partial charge in [-0.1, -0.05) is 13.3 Å². The van der Waals surface area contributed by atoms with Crippen LogP contribution in [0.25, 0.3) is 0 Å². The number of benzene rings is 2. The molecule has 2 aromatic carbocycles. The molecule has 192 valence electrons. The van der Waals surface area contributed by atoms with Gasteiger partial charge in [0.2, 0.25) is 21.8 Å². The van der Waals surface area contributed by atoms with Crippen molar-refractivity contribution in [3.63, 3.8) is 0 Å². The summed E-state index contributed by atoms with van der Waals surface area (Å²) >= 11 is 0. The summed E-state index contributed by atoms with van der Waals surface area (Å²) in [6.45, 7) is 4.25. The normalized spacial score (nSPS) is 18.4. The molecule has 9 nitrogen and oxygen atoms in total. The highest BCUT2D eigenvalue weighted by Crippen LogP contribution is 2.23. The molecule has 0 aliphatic carbocycles. The predicted octanol–water partition coefficient (Wildman–Crippen LogP) is 3.31. The number of sulfonamides is 1. The van der Waals surface area contributed by atoms with Crippen molar-refractivity contribution in [2.24, 2.45) is 5.92 Å². The van der Waals surface area contributed by atoms with E-state index in [1.807, 2.05) is 0 Å². The second-order valence-corrected chi connectivity index (χ2v) is 11.2. The maximum atomic E-state index is 12.6. The Morgan fingerprint density at radius 2 is 1.56 bits per heavy atom. The first-order chi connectivity index (χ1) is 17.3. The van der Waals surface area contributed by atoms with Crippen molar-refractivity contribution in [3.05, 3.63) is 54.1 Å². The van der Waals surface area contributed by atoms with Gasteiger partial charge in [-0.3, -0.25) is 14.4 Å². The zero-order valence-electron chi connectivity index (χ0n) is 20.4. The topological polar surface area (TPSA) is 116 Å². The van der Waals surface area contributed by atoms with Gasteiger partial charge >= 0.3 is 0 Å². The van der Waals surface area contributed by atoms with E-state index in [9.17, 15) is 22.8 Å². The minimum atomic E-state index is -3.50. The summed E-state index contributed by atoms with van der Waals surface area (Å²) in [5.41, 5.74) is 1.42. The van der Waals surface area contributed by atoms with Gasteiger partial charge in [-0.2, -0.15) is 4.31 Å². The molecule has 1 unspecified atom stereocenters. The molecule has 2 N–H and O–H groups in total. The smallest absolute Gasteiger partial charge is 0.255 e. The van der Waals surface area contributed by atoms with E-state index in [1.54, 1.807) is 41.3 Å². The van der Waals surface area contributed by atoms with Crippen LogP contribution in [0.4, 0.5) is 11.4 Å². The molecule has 4 rings (SSSR count). The second-order valence-electron chi connectivity index (χ2n) is 9.25. The van der Waals surface area contributed by atoms with Gasteiger partial charge in [-0.15, -0.1) is 0 Å². The van der Waals surface area contributed by atoms with Gasteiger partial charge in [0.25, 0.3) is 5.91 Å². The van der Waals surface area contributed by atoms with Crippen molar-refractivity contribution in [1.29, 1.82) is 0 Å². The molecule has 2 saturated heterocycles. The monoisotopic (exact) mass is 512 g/mol. The number of nitrogens with zero attached hydrogens (tertiary/aromatic N) is 2. The third kappa shape index (κ3) is 5.93. The fourth-order valence-corrected chi connectivity index (χ4v) is 5.97. The molecule has 2 heterocycles. The Morgan fingerprint density at radius 1 is 0.944 bits per heavy atom. The molecule has 2 aliphatic heterocycles. The quantitative estimate of drug-likeness (QED) is 0.535. The Kier molecular flexibility index (Phi) is 8.05. The van der Waals surface area contributed by atoms with Crippen LogP contribution in [-0.2, 0) is 19.6 Å². The Labute approximate surface area is 211 Å². The molecule has 0 bridgehead atoms. The number of likely N-dealkylation sites (tertiary alicyclic amines) is 1. The molecule has 2 aliphatic rings. The van der Waals surface area contributed by atoms with Gasteiger partial charge in [-0.05, 0) is 67.8 Å². The van der Waals surface area contributed by atoms with E-state index in [0.29, 0.717) is 43.1 Å². The number of hydrogen-bond donors (Lipinski definition) is 2. The molecule has 3 amide bonds. The molecule has 0 saturated carbocycles. The lowest BCUT2D eigenvalue weighted by Gasteiger charge is -2.16. The molecule has 1 atom stereocenters. The zero-order chi connectivity index (χ0) is 25.7. The van der Waals surface area contributed by atoms with Crippen LogP contribution in [0.15, 0.2) is 53.4 Å². The standard InChI is InChI=1S/C26H32N4O5S/c1-2-3-14-29-18-20(17-24(29)31)26(33)28-21-8-6-19(7-9-21)25(32)27-22-10-12-23(13-11-22)36(34,35)30-15-4-5-16-30/h6-13,20H,2-5,14-18H2,1H3,(H,27,32)(H,28,33). The Balaban J connectivity index is 1.31. The third-order valence-electron chi connectivity index (χ3n) is 6.60. The van der Waals surface area contributed by atoms with Crippen molar-refractivity contribution in [1.82, 2.24) is 9.21 Å². The highest BCUT2D eigenvalue weighted by molar-refractivity contribution is 7.89. The van der Waals surface area contributed by atoms with E-state index < -0.39 is 10.0 Å². The molecule has 0 radical (unpaired) electrons. The van der Waals surface area contributed by atoms with Gasteiger partial charge in [0.05, 0.1) is 10.8 Å². The highest BCUT2D eigenvalue weighted by Gasteiger charge is 2.34. The average molecular weight is 513 g/mol. The van der Waals surface area contributed by atoms with Crippen molar-refractivity contribution in [3.8, 4) is 0 Å². The Hall–Kier alpha value is -3.24. The maximum Gasteiger partial charge on any atom is 0.255 e. The number of carbonyl (C=O) groups excluding carboxylic acids is 3. The average Bonchev–Trinajstić information content (AvgIpc) is 3.54. The lowest BCUT2D eigenvalue weighted by Crippen LogP contribution is -2.29. The zero-order valence-corrected chi connectivity index (χ0v) is 21.2. The molecule has 0 aromatic heterocycles. The van der Waals surface area contributed by atoms with E-state index >= 15 is 0 Å². The van der Waals surface area contributed by atoms with E-state index in [4.69, 9.17) is 0 Å². The summed E-state index contributed by atoms with van der Waals surface area (Å²) in [7, 11) is -3.50. The van der Waals surface area contributed by atoms with Crippen LogP contribution in [-0.4, -0.2) is 61.5 Å². The first-order valence-corrected chi connectivity index (χ1v) is 13.8. The number of hydrogen-bond acceptors (Lipinski definition) is 5. The van der Waals surface area contributed by atoms with Crippen LogP contribution in [0.2, 0.25) is 0 Å². The first-order valence-electron chi connectivity index (χ1n) is 12.4. The summed E-state index contributed by atoms with van der Waals surface area (Å²) in [5, 5.41) is 5.59. The number of rotatable bonds is 9. The number of anilines is 2. The van der Waals surface area contributed by atoms with Crippen LogP contribution >= 0.6 is 0 Å². The molecule has 36 heavy (non-hydrogen) atoms. The summed E-state index contributed by atoms with van der Waals surface area (Å²) in [6, 6.07) is 12.6. The van der Waals surface area contributed by atoms with Crippen LogP contribution < -0.4 is 10.6 Å². The fourth-order valence-electron chi connectivity index (χ4n) is 4.45. The third-order valence-corrected chi connectivity index (χ3v) is 8.51. The van der Waals surface area contributed by atoms with Crippen molar-refractivity contribution < 1.29 is 22.8 Å². The summed E-state index contributed by atoms with van der Waals surface area (Å²) in [4.78, 5) is 39.3. The summed E-state index contributed by atoms with van der Waals surface area (Å²) in [5.74, 6) is -0.925. The summed E-state index contributed by atoms with van der Waals surface area (Å²) in [6.07, 6.45) is 3.87. The van der Waals surface area contributed by atoms with E-state index in [-0.39, 0.29) is 35.0 Å². The minimum Gasteiger partial charge on any atom is -0.342 e. The van der Waals surface area contributed by atoms with E-state index in [0.717, 1.165) is 25.7 Å². The number of carbonyl (C=O) groups is 3. The molecule has 0 spiro atoms. The molecule has 2 aromatic rings. The van der Waals surface area contributed by atoms with E-state index in [1.165, 1.54) is 16.4 Å². The van der Waals surface area contributed by atoms with Crippen LogP contribution in [0.5, 0.6) is 0 Å². The largest absolute Gasteiger partial charge is 0.342 e.